The van der Waals surface area contributed by atoms with E-state index >= 15 is 0 Å². The largest absolute Gasteiger partial charge is 0.419 e. The molecular formula is C19H16N4O5. The number of hydrogen-bond acceptors (Lipinski definition) is 6. The highest BCUT2D eigenvalue weighted by atomic mass is 16.6. The van der Waals surface area contributed by atoms with E-state index < -0.39 is 10.7 Å². The van der Waals surface area contributed by atoms with Crippen molar-refractivity contribution in [3.8, 4) is 6.07 Å². The Labute approximate surface area is 159 Å². The molecule has 1 amide bonds. The second-order valence-electron chi connectivity index (χ2n) is 6.12. The van der Waals surface area contributed by atoms with Crippen LogP contribution in [-0.4, -0.2) is 15.4 Å². The van der Waals surface area contributed by atoms with Crippen LogP contribution in [0, 0.1) is 21.4 Å². The number of carbonyl (C=O) groups excluding carboxylic acids is 1. The maximum absolute atomic E-state index is 12.0. The summed E-state index contributed by atoms with van der Waals surface area (Å²) < 4.78 is 6.41. The first-order valence-corrected chi connectivity index (χ1v) is 8.51. The number of nitro groups is 1. The predicted molar refractivity (Wildman–Crippen MR) is 99.4 cm³/mol. The van der Waals surface area contributed by atoms with E-state index in [4.69, 9.17) is 9.68 Å². The normalized spacial score (nSPS) is 10.5. The minimum atomic E-state index is -0.617. The molecule has 0 radical (unpaired) electrons. The number of hydrogen-bond donors (Lipinski definition) is 1. The van der Waals surface area contributed by atoms with Gasteiger partial charge in [-0.15, -0.1) is 0 Å². The van der Waals surface area contributed by atoms with Crippen molar-refractivity contribution < 1.29 is 14.1 Å². The zero-order chi connectivity index (χ0) is 20.1. The molecule has 9 nitrogen and oxygen atoms in total. The zero-order valence-electron chi connectivity index (χ0n) is 14.8. The smallest absolute Gasteiger partial charge is 0.407 e. The maximum Gasteiger partial charge on any atom is 0.419 e. The highest BCUT2D eigenvalue weighted by Crippen LogP contribution is 2.20. The Morgan fingerprint density at radius 2 is 2.00 bits per heavy atom. The van der Waals surface area contributed by atoms with Gasteiger partial charge in [-0.3, -0.25) is 19.5 Å². The van der Waals surface area contributed by atoms with E-state index in [0.29, 0.717) is 24.0 Å². The fourth-order valence-electron chi connectivity index (χ4n) is 2.76. The molecule has 1 heterocycles. The van der Waals surface area contributed by atoms with Gasteiger partial charge in [0.05, 0.1) is 28.1 Å². The quantitative estimate of drug-likeness (QED) is 0.495. The Morgan fingerprint density at radius 3 is 2.68 bits per heavy atom. The zero-order valence-corrected chi connectivity index (χ0v) is 14.8. The average molecular weight is 380 g/mol. The molecule has 1 N–H and O–H groups in total. The highest BCUT2D eigenvalue weighted by Gasteiger charge is 2.14. The number of benzene rings is 2. The molecule has 0 saturated carbocycles. The van der Waals surface area contributed by atoms with Crippen LogP contribution in [0.3, 0.4) is 0 Å². The lowest BCUT2D eigenvalue weighted by Crippen LogP contribution is -2.23. The summed E-state index contributed by atoms with van der Waals surface area (Å²) in [6, 6.07) is 12.9. The lowest BCUT2D eigenvalue weighted by Gasteiger charge is -2.06. The molecule has 0 fully saturated rings. The summed E-state index contributed by atoms with van der Waals surface area (Å²) >= 11 is 0. The number of nitro benzene ring substituents is 1. The lowest BCUT2D eigenvalue weighted by atomic mass is 10.1. The summed E-state index contributed by atoms with van der Waals surface area (Å²) in [4.78, 5) is 34.2. The number of oxazole rings is 1. The molecule has 0 unspecified atom stereocenters. The molecule has 0 aliphatic rings. The first-order chi connectivity index (χ1) is 13.5. The van der Waals surface area contributed by atoms with Crippen molar-refractivity contribution in [3.05, 3.63) is 74.3 Å². The summed E-state index contributed by atoms with van der Waals surface area (Å²) in [5.41, 5.74) is 1.87. The molecule has 0 spiro atoms. The summed E-state index contributed by atoms with van der Waals surface area (Å²) in [7, 11) is 0. The molecule has 142 valence electrons. The molecule has 1 aromatic heterocycles. The van der Waals surface area contributed by atoms with Gasteiger partial charge in [0.2, 0.25) is 5.91 Å². The summed E-state index contributed by atoms with van der Waals surface area (Å²) in [5.74, 6) is -0.783. The van der Waals surface area contributed by atoms with Crippen molar-refractivity contribution in [2.75, 3.05) is 0 Å². The lowest BCUT2D eigenvalue weighted by molar-refractivity contribution is -0.384. The molecule has 3 aromatic rings. The number of rotatable bonds is 7. The van der Waals surface area contributed by atoms with E-state index in [0.717, 1.165) is 5.56 Å². The van der Waals surface area contributed by atoms with Gasteiger partial charge in [0.25, 0.3) is 5.69 Å². The van der Waals surface area contributed by atoms with Crippen LogP contribution < -0.4 is 11.1 Å². The minimum absolute atomic E-state index is 0.143. The van der Waals surface area contributed by atoms with Crippen LogP contribution in [-0.2, 0) is 17.9 Å². The van der Waals surface area contributed by atoms with Gasteiger partial charge in [0.1, 0.15) is 0 Å². The second kappa shape index (κ2) is 8.18. The van der Waals surface area contributed by atoms with Gasteiger partial charge < -0.3 is 9.73 Å². The summed E-state index contributed by atoms with van der Waals surface area (Å²) in [6.07, 6.45) is 0.618. The number of non-ortho nitro benzene ring substituents is 1. The summed E-state index contributed by atoms with van der Waals surface area (Å²) in [6.45, 7) is 0.608. The number of amides is 1. The van der Waals surface area contributed by atoms with Gasteiger partial charge in [0.15, 0.2) is 5.58 Å². The van der Waals surface area contributed by atoms with Gasteiger partial charge in [-0.2, -0.15) is 5.26 Å². The Bertz CT molecular complexity index is 1120. The molecular weight excluding hydrogens is 364 g/mol. The topological polar surface area (TPSA) is 131 Å². The van der Waals surface area contributed by atoms with Crippen molar-refractivity contribution in [1.82, 2.24) is 9.88 Å². The van der Waals surface area contributed by atoms with Crippen molar-refractivity contribution >= 4 is 22.7 Å². The number of nitrogens with zero attached hydrogens (tertiary/aromatic N) is 3. The summed E-state index contributed by atoms with van der Waals surface area (Å²) in [5, 5.41) is 22.3. The molecule has 3 rings (SSSR count). The Morgan fingerprint density at radius 1 is 1.25 bits per heavy atom. The van der Waals surface area contributed by atoms with Gasteiger partial charge >= 0.3 is 5.76 Å². The Kier molecular flexibility index (Phi) is 5.50. The van der Waals surface area contributed by atoms with Crippen molar-refractivity contribution in [2.45, 2.75) is 25.9 Å². The fourth-order valence-corrected chi connectivity index (χ4v) is 2.76. The van der Waals surface area contributed by atoms with Gasteiger partial charge in [-0.25, -0.2) is 4.79 Å². The number of aromatic nitrogens is 1. The van der Waals surface area contributed by atoms with Crippen LogP contribution in [0.4, 0.5) is 5.69 Å². The Balaban J connectivity index is 1.55. The third kappa shape index (κ3) is 4.24. The van der Waals surface area contributed by atoms with Crippen LogP contribution >= 0.6 is 0 Å². The molecule has 28 heavy (non-hydrogen) atoms. The standard InChI is InChI=1S/C19H16N4O5/c20-11-13-3-5-14(6-4-13)12-21-18(24)2-1-9-22-16-8-7-15(23(26)27)10-17(16)28-19(22)25/h3-8,10H,1-2,9,12H2,(H,21,24). The fraction of sp³-hybridized carbons (Fsp3) is 0.211. The molecule has 0 aliphatic heterocycles. The monoisotopic (exact) mass is 380 g/mol. The number of nitriles is 1. The highest BCUT2D eigenvalue weighted by molar-refractivity contribution is 5.76. The molecule has 9 heteroatoms. The van der Waals surface area contributed by atoms with Gasteiger partial charge in [0, 0.05) is 25.6 Å². The molecule has 0 aliphatic carbocycles. The van der Waals surface area contributed by atoms with E-state index in [1.54, 1.807) is 24.3 Å². The second-order valence-corrected chi connectivity index (χ2v) is 6.12. The maximum atomic E-state index is 12.0. The van der Waals surface area contributed by atoms with Gasteiger partial charge in [-0.05, 0) is 30.2 Å². The number of fused-ring (bicyclic) bond motifs is 1. The third-order valence-corrected chi connectivity index (χ3v) is 4.22. The first-order valence-electron chi connectivity index (χ1n) is 8.51. The number of carbonyl (C=O) groups is 1. The van der Waals surface area contributed by atoms with Crippen molar-refractivity contribution in [2.24, 2.45) is 0 Å². The first kappa shape index (κ1) is 18.8. The van der Waals surface area contributed by atoms with E-state index in [9.17, 15) is 19.7 Å². The van der Waals surface area contributed by atoms with Crippen LogP contribution in [0.5, 0.6) is 0 Å². The minimum Gasteiger partial charge on any atom is -0.407 e. The number of nitrogens with one attached hydrogen (secondary N) is 1. The predicted octanol–water partition coefficient (Wildman–Crippen LogP) is 2.47. The molecule has 0 bridgehead atoms. The Hall–Kier alpha value is -3.93. The van der Waals surface area contributed by atoms with Gasteiger partial charge in [-0.1, -0.05) is 12.1 Å². The van der Waals surface area contributed by atoms with Crippen LogP contribution in [0.15, 0.2) is 51.7 Å². The van der Waals surface area contributed by atoms with E-state index in [1.807, 2.05) is 6.07 Å². The van der Waals surface area contributed by atoms with E-state index in [1.165, 1.54) is 22.8 Å². The van der Waals surface area contributed by atoms with Crippen molar-refractivity contribution in [1.29, 1.82) is 5.26 Å². The van der Waals surface area contributed by atoms with E-state index in [2.05, 4.69) is 5.32 Å². The van der Waals surface area contributed by atoms with Crippen LogP contribution in [0.2, 0.25) is 0 Å². The SMILES string of the molecule is N#Cc1ccc(CNC(=O)CCCn2c(=O)oc3cc([N+](=O)[O-])ccc32)cc1. The molecule has 0 saturated heterocycles. The molecule has 2 aromatic carbocycles. The number of aryl methyl sites for hydroxylation is 1. The third-order valence-electron chi connectivity index (χ3n) is 4.22. The van der Waals surface area contributed by atoms with E-state index in [-0.39, 0.29) is 30.1 Å². The van der Waals surface area contributed by atoms with Crippen LogP contribution in [0.1, 0.15) is 24.0 Å². The van der Waals surface area contributed by atoms with Crippen LogP contribution in [0.25, 0.3) is 11.1 Å². The molecule has 0 atom stereocenters. The van der Waals surface area contributed by atoms with Crippen molar-refractivity contribution in [3.63, 3.8) is 0 Å². The average Bonchev–Trinajstić information content (AvgIpc) is 3.01.